The number of rotatable bonds is 5. The molecule has 0 spiro atoms. The molecule has 0 amide bonds. The normalized spacial score (nSPS) is 23.7. The van der Waals surface area contributed by atoms with Gasteiger partial charge in [0.05, 0.1) is 18.3 Å². The van der Waals surface area contributed by atoms with Gasteiger partial charge in [-0.1, -0.05) is 12.5 Å². The van der Waals surface area contributed by atoms with E-state index in [1.165, 1.54) is 7.11 Å². The Morgan fingerprint density at radius 3 is 2.86 bits per heavy atom. The maximum atomic E-state index is 12.5. The van der Waals surface area contributed by atoms with Crippen molar-refractivity contribution < 1.29 is 17.9 Å². The number of methoxy groups -OCH3 is 1. The van der Waals surface area contributed by atoms with E-state index in [0.717, 1.165) is 5.56 Å². The van der Waals surface area contributed by atoms with Crippen LogP contribution in [0.5, 0.6) is 0 Å². The van der Waals surface area contributed by atoms with Crippen LogP contribution in [0.2, 0.25) is 0 Å². The maximum Gasteiger partial charge on any atom is 0.310 e. The first-order valence-corrected chi connectivity index (χ1v) is 8.49. The number of pyridine rings is 1. The van der Waals surface area contributed by atoms with E-state index in [0.29, 0.717) is 19.3 Å². The molecule has 1 aliphatic rings. The predicted octanol–water partition coefficient (Wildman–Crippen LogP) is 1.40. The summed E-state index contributed by atoms with van der Waals surface area (Å²) in [6.07, 6.45) is 5.01. The highest BCUT2D eigenvalue weighted by atomic mass is 32.2. The molecule has 21 heavy (non-hydrogen) atoms. The van der Waals surface area contributed by atoms with Gasteiger partial charge >= 0.3 is 5.97 Å². The van der Waals surface area contributed by atoms with E-state index in [9.17, 15) is 13.2 Å². The SMILES string of the molecule is COC(=O)C1CCCC1S(=O)(=O)N[C@@H](C)c1cccnc1. The van der Waals surface area contributed by atoms with Gasteiger partial charge in [0.15, 0.2) is 0 Å². The zero-order valence-electron chi connectivity index (χ0n) is 12.2. The van der Waals surface area contributed by atoms with Crippen molar-refractivity contribution >= 4 is 16.0 Å². The minimum atomic E-state index is -3.59. The molecule has 2 unspecified atom stereocenters. The van der Waals surface area contributed by atoms with Crippen molar-refractivity contribution in [1.82, 2.24) is 9.71 Å². The second-order valence-electron chi connectivity index (χ2n) is 5.27. The lowest BCUT2D eigenvalue weighted by Gasteiger charge is -2.21. The van der Waals surface area contributed by atoms with E-state index in [2.05, 4.69) is 9.71 Å². The van der Waals surface area contributed by atoms with Crippen molar-refractivity contribution in [2.45, 2.75) is 37.5 Å². The molecule has 0 aliphatic heterocycles. The third-order valence-corrected chi connectivity index (χ3v) is 5.92. The summed E-state index contributed by atoms with van der Waals surface area (Å²) in [5.41, 5.74) is 0.786. The number of sulfonamides is 1. The van der Waals surface area contributed by atoms with Crippen LogP contribution in [0.15, 0.2) is 24.5 Å². The van der Waals surface area contributed by atoms with Crippen molar-refractivity contribution in [2.24, 2.45) is 5.92 Å². The molecule has 2 rings (SSSR count). The molecule has 1 aliphatic carbocycles. The Kier molecular flexibility index (Phi) is 4.95. The zero-order chi connectivity index (χ0) is 15.5. The highest BCUT2D eigenvalue weighted by Crippen LogP contribution is 2.32. The summed E-state index contributed by atoms with van der Waals surface area (Å²) in [4.78, 5) is 15.7. The van der Waals surface area contributed by atoms with Gasteiger partial charge in [0.2, 0.25) is 10.0 Å². The van der Waals surface area contributed by atoms with Crippen LogP contribution in [-0.2, 0) is 19.6 Å². The summed E-state index contributed by atoms with van der Waals surface area (Å²) in [7, 11) is -2.30. The molecule has 116 valence electrons. The van der Waals surface area contributed by atoms with Crippen molar-refractivity contribution in [3.63, 3.8) is 0 Å². The molecule has 0 aromatic carbocycles. The summed E-state index contributed by atoms with van der Waals surface area (Å²) in [5, 5.41) is -0.718. The number of esters is 1. The molecule has 1 N–H and O–H groups in total. The summed E-state index contributed by atoms with van der Waals surface area (Å²) in [6.45, 7) is 1.76. The van der Waals surface area contributed by atoms with Crippen LogP contribution >= 0.6 is 0 Å². The fourth-order valence-electron chi connectivity index (χ4n) is 2.75. The van der Waals surface area contributed by atoms with Crippen LogP contribution in [-0.4, -0.2) is 31.7 Å². The average Bonchev–Trinajstić information content (AvgIpc) is 2.97. The third-order valence-electron chi connectivity index (χ3n) is 3.88. The number of ether oxygens (including phenoxy) is 1. The van der Waals surface area contributed by atoms with Crippen LogP contribution in [0.25, 0.3) is 0 Å². The quantitative estimate of drug-likeness (QED) is 0.831. The molecule has 1 aromatic heterocycles. The molecule has 0 bridgehead atoms. The number of hydrogen-bond donors (Lipinski definition) is 1. The van der Waals surface area contributed by atoms with Gasteiger partial charge in [-0.3, -0.25) is 9.78 Å². The molecular weight excluding hydrogens is 292 g/mol. The van der Waals surface area contributed by atoms with E-state index in [-0.39, 0.29) is 6.04 Å². The minimum Gasteiger partial charge on any atom is -0.469 e. The van der Waals surface area contributed by atoms with Crippen molar-refractivity contribution in [2.75, 3.05) is 7.11 Å². The third kappa shape index (κ3) is 3.59. The number of carbonyl (C=O) groups is 1. The molecule has 1 aromatic rings. The molecule has 1 heterocycles. The van der Waals surface area contributed by atoms with E-state index < -0.39 is 27.2 Å². The van der Waals surface area contributed by atoms with Gasteiger partial charge in [-0.15, -0.1) is 0 Å². The molecule has 7 heteroatoms. The van der Waals surface area contributed by atoms with E-state index >= 15 is 0 Å². The largest absolute Gasteiger partial charge is 0.469 e. The Balaban J connectivity index is 2.13. The van der Waals surface area contributed by atoms with Crippen LogP contribution in [0.3, 0.4) is 0 Å². The lowest BCUT2D eigenvalue weighted by Crippen LogP contribution is -2.40. The van der Waals surface area contributed by atoms with Gasteiger partial charge in [-0.05, 0) is 31.4 Å². The highest BCUT2D eigenvalue weighted by Gasteiger charge is 2.42. The first-order chi connectivity index (χ1) is 9.95. The second kappa shape index (κ2) is 6.53. The zero-order valence-corrected chi connectivity index (χ0v) is 13.0. The monoisotopic (exact) mass is 312 g/mol. The number of hydrogen-bond acceptors (Lipinski definition) is 5. The molecule has 0 radical (unpaired) electrons. The fraction of sp³-hybridized carbons (Fsp3) is 0.571. The molecular formula is C14H20N2O4S. The van der Waals surface area contributed by atoms with E-state index in [4.69, 9.17) is 4.74 Å². The van der Waals surface area contributed by atoms with Crippen molar-refractivity contribution in [1.29, 1.82) is 0 Å². The molecule has 6 nitrogen and oxygen atoms in total. The minimum absolute atomic E-state index is 0.386. The summed E-state index contributed by atoms with van der Waals surface area (Å²) >= 11 is 0. The van der Waals surface area contributed by atoms with Crippen molar-refractivity contribution in [3.05, 3.63) is 30.1 Å². The Morgan fingerprint density at radius 2 is 2.24 bits per heavy atom. The Morgan fingerprint density at radius 1 is 1.48 bits per heavy atom. The van der Waals surface area contributed by atoms with Crippen molar-refractivity contribution in [3.8, 4) is 0 Å². The summed E-state index contributed by atoms with van der Waals surface area (Å²) < 4.78 is 32.4. The van der Waals surface area contributed by atoms with Crippen LogP contribution in [0.1, 0.15) is 37.8 Å². The Labute approximate surface area is 125 Å². The Hall–Kier alpha value is -1.47. The highest BCUT2D eigenvalue weighted by molar-refractivity contribution is 7.90. The second-order valence-corrected chi connectivity index (χ2v) is 7.20. The number of carbonyl (C=O) groups excluding carboxylic acids is 1. The fourth-order valence-corrected chi connectivity index (χ4v) is 4.71. The van der Waals surface area contributed by atoms with E-state index in [1.807, 2.05) is 6.07 Å². The summed E-state index contributed by atoms with van der Waals surface area (Å²) in [5.74, 6) is -1.02. The van der Waals surface area contributed by atoms with Gasteiger partial charge < -0.3 is 4.74 Å². The van der Waals surface area contributed by atoms with Gasteiger partial charge in [0, 0.05) is 18.4 Å². The topological polar surface area (TPSA) is 85.4 Å². The van der Waals surface area contributed by atoms with Crippen LogP contribution < -0.4 is 4.72 Å². The summed E-state index contributed by atoms with van der Waals surface area (Å²) in [6, 6.07) is 3.18. The van der Waals surface area contributed by atoms with Gasteiger partial charge in [-0.2, -0.15) is 0 Å². The number of nitrogens with zero attached hydrogens (tertiary/aromatic N) is 1. The maximum absolute atomic E-state index is 12.5. The van der Waals surface area contributed by atoms with E-state index in [1.54, 1.807) is 25.4 Å². The Bertz CT molecular complexity index is 588. The standard InChI is InChI=1S/C14H20N2O4S/c1-10(11-5-4-8-15-9-11)16-21(18,19)13-7-3-6-12(13)14(17)20-2/h4-5,8-10,12-13,16H,3,6-7H2,1-2H3/t10-,12?,13?/m0/s1. The predicted molar refractivity (Wildman–Crippen MR) is 77.9 cm³/mol. The van der Waals surface area contributed by atoms with Gasteiger partial charge in [0.25, 0.3) is 0 Å². The van der Waals surface area contributed by atoms with Crippen LogP contribution in [0, 0.1) is 5.92 Å². The first-order valence-electron chi connectivity index (χ1n) is 6.94. The lowest BCUT2D eigenvalue weighted by atomic mass is 10.1. The molecule has 1 saturated carbocycles. The number of nitrogens with one attached hydrogen (secondary N) is 1. The van der Waals surface area contributed by atoms with Crippen LogP contribution in [0.4, 0.5) is 0 Å². The van der Waals surface area contributed by atoms with Gasteiger partial charge in [0.1, 0.15) is 0 Å². The molecule has 3 atom stereocenters. The average molecular weight is 312 g/mol. The smallest absolute Gasteiger partial charge is 0.310 e. The van der Waals surface area contributed by atoms with Gasteiger partial charge in [-0.25, -0.2) is 13.1 Å². The first kappa shape index (κ1) is 15.9. The molecule has 1 fully saturated rings. The lowest BCUT2D eigenvalue weighted by molar-refractivity contribution is -0.145. The molecule has 0 saturated heterocycles. The number of aromatic nitrogens is 1.